The first kappa shape index (κ1) is 46.3. The summed E-state index contributed by atoms with van der Waals surface area (Å²) in [5.74, 6) is 0.298. The lowest BCUT2D eigenvalue weighted by molar-refractivity contribution is -0.385. The van der Waals surface area contributed by atoms with Crippen molar-refractivity contribution in [3.05, 3.63) is 23.8 Å². The molecule has 0 bridgehead atoms. The van der Waals surface area contributed by atoms with Crippen LogP contribution in [0, 0.1) is 40.4 Å². The van der Waals surface area contributed by atoms with Crippen molar-refractivity contribution in [3.63, 3.8) is 0 Å². The van der Waals surface area contributed by atoms with E-state index in [9.17, 15) is 51.1 Å². The Morgan fingerprint density at radius 1 is 0.820 bits per heavy atom. The highest BCUT2D eigenvalue weighted by molar-refractivity contribution is 5.26. The summed E-state index contributed by atoms with van der Waals surface area (Å²) in [5.41, 5.74) is 1.93. The molecule has 0 aromatic heterocycles. The summed E-state index contributed by atoms with van der Waals surface area (Å²) in [4.78, 5) is 0. The third kappa shape index (κ3) is 8.02. The van der Waals surface area contributed by atoms with Crippen LogP contribution >= 0.6 is 0 Å². The first-order valence-corrected chi connectivity index (χ1v) is 22.5. The summed E-state index contributed by atoms with van der Waals surface area (Å²) in [7, 11) is 0. The predicted octanol–water partition coefficient (Wildman–Crippen LogP) is -0.272. The van der Waals surface area contributed by atoms with Crippen molar-refractivity contribution < 1.29 is 84.2 Å². The largest absolute Gasteiger partial charge is 0.394 e. The van der Waals surface area contributed by atoms with Gasteiger partial charge in [0.15, 0.2) is 24.7 Å². The molecule has 8 rings (SSSR count). The average molecular weight is 871 g/mol. The van der Waals surface area contributed by atoms with Crippen LogP contribution in [0.2, 0.25) is 0 Å². The zero-order chi connectivity index (χ0) is 43.9. The molecule has 61 heavy (non-hydrogen) atoms. The molecule has 4 saturated heterocycles. The van der Waals surface area contributed by atoms with Crippen LogP contribution in [0.15, 0.2) is 23.8 Å². The minimum atomic E-state index is -1.72. The standard InChI is InChI=1S/C44H70O17/c1-19(16-45)8-13-44(54)20(2)30-28(61-44)15-26-24-7-6-22-14-23(9-11-42(22,4)25(24)10-12-43(26,30)5)57-41-38(60-40-35(52)33(50)31(48)21(3)56-40)36(53)37(29(17-46)58-41)59-39-34(51)32(49)27(47)18-55-39/h6,20-21,23-41,45-54H,1,7-18H2,2-5H3/t20-,21-,23-,24+,25-,26-,27-,28-,29+,30-,31-,32-,33+,34+,35+,36-,37+,38+,39-,40-,41+,42-,43-,44+/m0/s1. The first-order chi connectivity index (χ1) is 28.8. The van der Waals surface area contributed by atoms with Gasteiger partial charge in [0, 0.05) is 12.3 Å². The Kier molecular flexibility index (Phi) is 13.3. The van der Waals surface area contributed by atoms with E-state index in [-0.39, 0.29) is 42.0 Å². The smallest absolute Gasteiger partial charge is 0.187 e. The van der Waals surface area contributed by atoms with Gasteiger partial charge in [-0.15, -0.1) is 0 Å². The maximum atomic E-state index is 11.9. The van der Waals surface area contributed by atoms with E-state index in [0.29, 0.717) is 49.0 Å². The van der Waals surface area contributed by atoms with Crippen LogP contribution in [0.3, 0.4) is 0 Å². The molecule has 0 aromatic carbocycles. The van der Waals surface area contributed by atoms with E-state index >= 15 is 0 Å². The van der Waals surface area contributed by atoms with Crippen LogP contribution in [0.25, 0.3) is 0 Å². The lowest BCUT2D eigenvalue weighted by Gasteiger charge is -2.58. The highest BCUT2D eigenvalue weighted by atomic mass is 16.8. The summed E-state index contributed by atoms with van der Waals surface area (Å²) >= 11 is 0. The Balaban J connectivity index is 0.979. The topological polar surface area (TPSA) is 267 Å². The van der Waals surface area contributed by atoms with Gasteiger partial charge in [-0.2, -0.15) is 0 Å². The van der Waals surface area contributed by atoms with Gasteiger partial charge in [-0.05, 0) is 92.8 Å². The Morgan fingerprint density at radius 3 is 2.26 bits per heavy atom. The fourth-order valence-electron chi connectivity index (χ4n) is 13.1. The Hall–Kier alpha value is -1.20. The zero-order valence-electron chi connectivity index (χ0n) is 35.7. The summed E-state index contributed by atoms with van der Waals surface area (Å²) in [6.45, 7) is 11.2. The van der Waals surface area contributed by atoms with Gasteiger partial charge >= 0.3 is 0 Å². The van der Waals surface area contributed by atoms with Crippen molar-refractivity contribution in [3.8, 4) is 0 Å². The van der Waals surface area contributed by atoms with Crippen LogP contribution in [-0.2, 0) is 33.2 Å². The predicted molar refractivity (Wildman–Crippen MR) is 212 cm³/mol. The lowest BCUT2D eigenvalue weighted by atomic mass is 9.47. The SMILES string of the molecule is C=C(CO)CC[C@@]1(O)O[C@H]2C[C@H]3[C@@H]4CC=C5C[C@@H](O[C@@H]6O[C@H](CO)[C@@H](O[C@@H]7OC[C@H](O)[C@H](O)[C@H]7O)[C@H](O)[C@H]6O[C@@H]6O[C@@H](C)[C@H](O)[C@@H](O)[C@H]6O)CC[C@]5(C)[C@H]4CC[C@]3(C)[C@H]2[C@@H]1C. The number of hydrogen-bond donors (Lipinski definition) is 10. The molecule has 4 heterocycles. The van der Waals surface area contributed by atoms with E-state index in [0.717, 1.165) is 32.1 Å². The van der Waals surface area contributed by atoms with Gasteiger partial charge < -0.3 is 84.2 Å². The summed E-state index contributed by atoms with van der Waals surface area (Å²) in [6, 6.07) is 0. The van der Waals surface area contributed by atoms with Crippen LogP contribution in [-0.4, -0.2) is 175 Å². The van der Waals surface area contributed by atoms with Crippen LogP contribution in [0.5, 0.6) is 0 Å². The molecule has 7 fully saturated rings. The van der Waals surface area contributed by atoms with Gasteiger partial charge in [-0.25, -0.2) is 0 Å². The van der Waals surface area contributed by atoms with Gasteiger partial charge in [0.2, 0.25) is 0 Å². The minimum Gasteiger partial charge on any atom is -0.394 e. The summed E-state index contributed by atoms with van der Waals surface area (Å²) in [6.07, 6.45) is -11.7. The Labute approximate surface area is 357 Å². The molecular weight excluding hydrogens is 800 g/mol. The van der Waals surface area contributed by atoms with Gasteiger partial charge in [-0.1, -0.05) is 44.6 Å². The molecule has 4 aliphatic heterocycles. The summed E-state index contributed by atoms with van der Waals surface area (Å²) in [5, 5.41) is 106. The van der Waals surface area contributed by atoms with Gasteiger partial charge in [0.1, 0.15) is 61.0 Å². The molecule has 0 amide bonds. The fraction of sp³-hybridized carbons (Fsp3) is 0.909. The van der Waals surface area contributed by atoms with Crippen molar-refractivity contribution in [1.29, 1.82) is 0 Å². The molecule has 24 atom stereocenters. The maximum absolute atomic E-state index is 11.9. The van der Waals surface area contributed by atoms with Gasteiger partial charge in [-0.3, -0.25) is 0 Å². The quantitative estimate of drug-likeness (QED) is 0.120. The second-order valence-electron chi connectivity index (χ2n) is 20.1. The molecule has 348 valence electrons. The molecule has 0 aromatic rings. The van der Waals surface area contributed by atoms with Crippen LogP contribution < -0.4 is 0 Å². The minimum absolute atomic E-state index is 0.0224. The molecule has 0 unspecified atom stereocenters. The van der Waals surface area contributed by atoms with E-state index in [1.54, 1.807) is 0 Å². The first-order valence-electron chi connectivity index (χ1n) is 22.5. The van der Waals surface area contributed by atoms with Gasteiger partial charge in [0.05, 0.1) is 38.1 Å². The molecule has 17 nitrogen and oxygen atoms in total. The number of aliphatic hydroxyl groups excluding tert-OH is 9. The van der Waals surface area contributed by atoms with E-state index in [4.69, 9.17) is 33.2 Å². The van der Waals surface area contributed by atoms with Crippen molar-refractivity contribution >= 4 is 0 Å². The number of rotatable bonds is 11. The number of aliphatic hydroxyl groups is 10. The average Bonchev–Trinajstić information content (AvgIpc) is 3.67. The number of hydrogen-bond acceptors (Lipinski definition) is 17. The van der Waals surface area contributed by atoms with E-state index in [2.05, 4.69) is 33.4 Å². The molecule has 17 heteroatoms. The molecule has 0 spiro atoms. The van der Waals surface area contributed by atoms with Gasteiger partial charge in [0.25, 0.3) is 0 Å². The molecule has 3 saturated carbocycles. The van der Waals surface area contributed by atoms with E-state index in [1.807, 2.05) is 0 Å². The third-order valence-electron chi connectivity index (χ3n) is 16.8. The summed E-state index contributed by atoms with van der Waals surface area (Å²) < 4.78 is 42.7. The van der Waals surface area contributed by atoms with Crippen LogP contribution in [0.4, 0.5) is 0 Å². The van der Waals surface area contributed by atoms with E-state index in [1.165, 1.54) is 12.5 Å². The van der Waals surface area contributed by atoms with Crippen molar-refractivity contribution in [2.75, 3.05) is 19.8 Å². The molecule has 0 radical (unpaired) electrons. The van der Waals surface area contributed by atoms with Crippen LogP contribution in [0.1, 0.15) is 85.5 Å². The normalized spacial score (nSPS) is 54.6. The monoisotopic (exact) mass is 870 g/mol. The zero-order valence-corrected chi connectivity index (χ0v) is 35.7. The van der Waals surface area contributed by atoms with Crippen molar-refractivity contribution in [2.24, 2.45) is 40.4 Å². The van der Waals surface area contributed by atoms with E-state index < -0.39 is 105 Å². The maximum Gasteiger partial charge on any atom is 0.187 e. The highest BCUT2D eigenvalue weighted by Crippen LogP contribution is 2.70. The fourth-order valence-corrected chi connectivity index (χ4v) is 13.1. The second-order valence-corrected chi connectivity index (χ2v) is 20.1. The number of ether oxygens (including phenoxy) is 7. The lowest BCUT2D eigenvalue weighted by Crippen LogP contribution is -2.66. The van der Waals surface area contributed by atoms with Crippen molar-refractivity contribution in [2.45, 2.75) is 189 Å². The van der Waals surface area contributed by atoms with Crippen molar-refractivity contribution in [1.82, 2.24) is 0 Å². The second kappa shape index (κ2) is 17.5. The Morgan fingerprint density at radius 2 is 1.54 bits per heavy atom. The molecule has 8 aliphatic rings. The number of fused-ring (bicyclic) bond motifs is 7. The molecule has 10 N–H and O–H groups in total. The number of allylic oxidation sites excluding steroid dienone is 1. The molecular formula is C44H70O17. The third-order valence-corrected chi connectivity index (χ3v) is 16.8. The molecule has 4 aliphatic carbocycles. The Bertz CT molecular complexity index is 1600. The highest BCUT2D eigenvalue weighted by Gasteiger charge is 2.68.